The molecule has 3 atom stereocenters. The third-order valence-corrected chi connectivity index (χ3v) is 3.94. The van der Waals surface area contributed by atoms with E-state index in [0.717, 1.165) is 24.0 Å². The van der Waals surface area contributed by atoms with Crippen LogP contribution in [-0.2, 0) is 16.0 Å². The van der Waals surface area contributed by atoms with Crippen molar-refractivity contribution in [1.29, 1.82) is 0 Å². The first kappa shape index (κ1) is 14.1. The highest BCUT2D eigenvalue weighted by atomic mass is 16.5. The minimum Gasteiger partial charge on any atom is -0.481 e. The van der Waals surface area contributed by atoms with E-state index < -0.39 is 5.97 Å². The molecule has 0 saturated carbocycles. The van der Waals surface area contributed by atoms with Gasteiger partial charge >= 0.3 is 5.97 Å². The highest BCUT2D eigenvalue weighted by molar-refractivity contribution is 5.70. The van der Waals surface area contributed by atoms with Crippen LogP contribution in [0.3, 0.4) is 0 Å². The van der Waals surface area contributed by atoms with Crippen molar-refractivity contribution >= 4 is 5.97 Å². The molecular formula is C16H22O3. The van der Waals surface area contributed by atoms with Gasteiger partial charge in [0.2, 0.25) is 0 Å². The lowest BCUT2D eigenvalue weighted by Crippen LogP contribution is -2.23. The van der Waals surface area contributed by atoms with Gasteiger partial charge < -0.3 is 9.84 Å². The zero-order valence-corrected chi connectivity index (χ0v) is 11.6. The van der Waals surface area contributed by atoms with Crippen molar-refractivity contribution in [2.45, 2.75) is 51.7 Å². The third kappa shape index (κ3) is 3.80. The van der Waals surface area contributed by atoms with Gasteiger partial charge in [0.05, 0.1) is 18.1 Å². The minimum atomic E-state index is -0.716. The second kappa shape index (κ2) is 6.20. The molecule has 0 radical (unpaired) electrons. The van der Waals surface area contributed by atoms with Crippen LogP contribution in [0.15, 0.2) is 24.3 Å². The fourth-order valence-corrected chi connectivity index (χ4v) is 2.75. The quantitative estimate of drug-likeness (QED) is 0.886. The maximum Gasteiger partial charge on any atom is 0.306 e. The molecular weight excluding hydrogens is 240 g/mol. The van der Waals surface area contributed by atoms with Gasteiger partial charge in [0.25, 0.3) is 0 Å². The van der Waals surface area contributed by atoms with Crippen LogP contribution in [0.4, 0.5) is 0 Å². The molecule has 19 heavy (non-hydrogen) atoms. The van der Waals surface area contributed by atoms with Crippen LogP contribution in [0.2, 0.25) is 0 Å². The van der Waals surface area contributed by atoms with Crippen molar-refractivity contribution in [1.82, 2.24) is 0 Å². The Balaban J connectivity index is 2.00. The Morgan fingerprint density at radius 2 is 2.16 bits per heavy atom. The zero-order valence-electron chi connectivity index (χ0n) is 11.6. The van der Waals surface area contributed by atoms with Gasteiger partial charge in [0, 0.05) is 0 Å². The molecule has 3 nitrogen and oxygen atoms in total. The number of carbonyl (C=O) groups is 1. The van der Waals surface area contributed by atoms with Crippen LogP contribution in [0, 0.1) is 12.8 Å². The number of carboxylic acids is 1. The number of aryl methyl sites for hydroxylation is 1. The number of rotatable bonds is 5. The third-order valence-electron chi connectivity index (χ3n) is 3.94. The van der Waals surface area contributed by atoms with Gasteiger partial charge in [-0.2, -0.15) is 0 Å². The lowest BCUT2D eigenvalue weighted by molar-refractivity contribution is -0.143. The standard InChI is InChI=1S/C16H22O3/c1-11-5-3-4-6-13(11)9-14(16(17)18)10-15-8-7-12(2)19-15/h3-6,12,14-15H,7-10H2,1-2H3,(H,17,18). The summed E-state index contributed by atoms with van der Waals surface area (Å²) in [4.78, 5) is 11.4. The number of hydrogen-bond acceptors (Lipinski definition) is 2. The van der Waals surface area contributed by atoms with E-state index in [1.54, 1.807) is 0 Å². The van der Waals surface area contributed by atoms with Crippen LogP contribution >= 0.6 is 0 Å². The summed E-state index contributed by atoms with van der Waals surface area (Å²) >= 11 is 0. The summed E-state index contributed by atoms with van der Waals surface area (Å²) in [6, 6.07) is 8.00. The highest BCUT2D eigenvalue weighted by Gasteiger charge is 2.28. The molecule has 0 bridgehead atoms. The van der Waals surface area contributed by atoms with Gasteiger partial charge in [-0.1, -0.05) is 24.3 Å². The lowest BCUT2D eigenvalue weighted by Gasteiger charge is -2.18. The molecule has 0 spiro atoms. The van der Waals surface area contributed by atoms with Crippen LogP contribution in [0.25, 0.3) is 0 Å². The van der Waals surface area contributed by atoms with Crippen molar-refractivity contribution in [3.63, 3.8) is 0 Å². The normalized spacial score (nSPS) is 24.3. The predicted molar refractivity (Wildman–Crippen MR) is 74.2 cm³/mol. The zero-order chi connectivity index (χ0) is 13.8. The molecule has 3 heteroatoms. The first-order valence-electron chi connectivity index (χ1n) is 6.99. The SMILES string of the molecule is Cc1ccccc1CC(CC1CCC(C)O1)C(=O)O. The van der Waals surface area contributed by atoms with Crippen molar-refractivity contribution < 1.29 is 14.6 Å². The van der Waals surface area contributed by atoms with Gasteiger partial charge in [-0.15, -0.1) is 0 Å². The molecule has 1 aromatic carbocycles. The molecule has 0 amide bonds. The van der Waals surface area contributed by atoms with Crippen LogP contribution in [0.1, 0.15) is 37.3 Å². The molecule has 1 saturated heterocycles. The molecule has 0 aliphatic carbocycles. The molecule has 104 valence electrons. The van der Waals surface area contributed by atoms with Crippen molar-refractivity contribution in [2.24, 2.45) is 5.92 Å². The Hall–Kier alpha value is -1.35. The van der Waals surface area contributed by atoms with Crippen LogP contribution < -0.4 is 0 Å². The smallest absolute Gasteiger partial charge is 0.306 e. The largest absolute Gasteiger partial charge is 0.481 e. The topological polar surface area (TPSA) is 46.5 Å². The van der Waals surface area contributed by atoms with E-state index in [1.165, 1.54) is 0 Å². The van der Waals surface area contributed by atoms with E-state index in [-0.39, 0.29) is 18.1 Å². The van der Waals surface area contributed by atoms with E-state index in [2.05, 4.69) is 6.92 Å². The summed E-state index contributed by atoms with van der Waals surface area (Å²) in [5.74, 6) is -1.07. The van der Waals surface area contributed by atoms with Crippen molar-refractivity contribution in [3.8, 4) is 0 Å². The van der Waals surface area contributed by atoms with Gasteiger partial charge in [0.15, 0.2) is 0 Å². The Bertz CT molecular complexity index is 441. The van der Waals surface area contributed by atoms with E-state index in [1.807, 2.05) is 31.2 Å². The number of aliphatic carboxylic acids is 1. The van der Waals surface area contributed by atoms with Crippen LogP contribution in [-0.4, -0.2) is 23.3 Å². The van der Waals surface area contributed by atoms with Gasteiger partial charge in [-0.05, 0) is 50.7 Å². The van der Waals surface area contributed by atoms with Gasteiger partial charge in [0.1, 0.15) is 0 Å². The summed E-state index contributed by atoms with van der Waals surface area (Å²) in [7, 11) is 0. The number of carboxylic acid groups (broad SMARTS) is 1. The van der Waals surface area contributed by atoms with E-state index in [9.17, 15) is 9.90 Å². The Morgan fingerprint density at radius 3 is 2.74 bits per heavy atom. The number of benzene rings is 1. The second-order valence-corrected chi connectivity index (χ2v) is 5.55. The van der Waals surface area contributed by atoms with Crippen LogP contribution in [0.5, 0.6) is 0 Å². The second-order valence-electron chi connectivity index (χ2n) is 5.55. The average Bonchev–Trinajstić information content (AvgIpc) is 2.76. The molecule has 1 N–H and O–H groups in total. The van der Waals surface area contributed by atoms with Crippen molar-refractivity contribution in [3.05, 3.63) is 35.4 Å². The van der Waals surface area contributed by atoms with Crippen molar-refractivity contribution in [2.75, 3.05) is 0 Å². The summed E-state index contributed by atoms with van der Waals surface area (Å²) < 4.78 is 5.75. The van der Waals surface area contributed by atoms with E-state index in [0.29, 0.717) is 12.8 Å². The molecule has 1 aliphatic heterocycles. The molecule has 1 fully saturated rings. The summed E-state index contributed by atoms with van der Waals surface area (Å²) in [6.07, 6.45) is 3.63. The fourth-order valence-electron chi connectivity index (χ4n) is 2.75. The summed E-state index contributed by atoms with van der Waals surface area (Å²) in [5, 5.41) is 9.40. The predicted octanol–water partition coefficient (Wildman–Crippen LogP) is 3.20. The fraction of sp³-hybridized carbons (Fsp3) is 0.562. The average molecular weight is 262 g/mol. The van der Waals surface area contributed by atoms with Gasteiger partial charge in [-0.25, -0.2) is 0 Å². The monoisotopic (exact) mass is 262 g/mol. The molecule has 2 rings (SSSR count). The number of ether oxygens (including phenoxy) is 1. The summed E-state index contributed by atoms with van der Waals surface area (Å²) in [5.41, 5.74) is 2.29. The Labute approximate surface area is 114 Å². The Kier molecular flexibility index (Phi) is 4.59. The summed E-state index contributed by atoms with van der Waals surface area (Å²) in [6.45, 7) is 4.08. The molecule has 1 heterocycles. The maximum atomic E-state index is 11.4. The molecule has 1 aliphatic rings. The first-order chi connectivity index (χ1) is 9.06. The van der Waals surface area contributed by atoms with E-state index in [4.69, 9.17) is 4.74 Å². The molecule has 0 aromatic heterocycles. The highest BCUT2D eigenvalue weighted by Crippen LogP contribution is 2.26. The lowest BCUT2D eigenvalue weighted by atomic mass is 9.91. The maximum absolute atomic E-state index is 11.4. The number of hydrogen-bond donors (Lipinski definition) is 1. The Morgan fingerprint density at radius 1 is 1.42 bits per heavy atom. The molecule has 3 unspecified atom stereocenters. The molecule has 1 aromatic rings. The van der Waals surface area contributed by atoms with Gasteiger partial charge in [-0.3, -0.25) is 4.79 Å². The first-order valence-corrected chi connectivity index (χ1v) is 6.99. The van der Waals surface area contributed by atoms with E-state index >= 15 is 0 Å². The minimum absolute atomic E-state index is 0.111.